The monoisotopic (exact) mass is 339 g/mol. The van der Waals surface area contributed by atoms with Crippen molar-refractivity contribution in [2.45, 2.75) is 6.42 Å². The molecule has 1 aliphatic heterocycles. The van der Waals surface area contributed by atoms with Crippen molar-refractivity contribution in [3.05, 3.63) is 28.7 Å². The topological polar surface area (TPSA) is 52.7 Å². The summed E-state index contributed by atoms with van der Waals surface area (Å²) in [5.74, 6) is -0.377. The molecule has 1 aliphatic rings. The van der Waals surface area contributed by atoms with Crippen LogP contribution in [0.3, 0.4) is 0 Å². The van der Waals surface area contributed by atoms with Gasteiger partial charge in [-0.2, -0.15) is 0 Å². The highest BCUT2D eigenvalue weighted by molar-refractivity contribution is 9.10. The molecule has 1 aromatic rings. The first kappa shape index (κ1) is 15.0. The molecule has 0 atom stereocenters. The number of hydrogen-bond acceptors (Lipinski definition) is 3. The lowest BCUT2D eigenvalue weighted by molar-refractivity contribution is -0.135. The molecule has 108 valence electrons. The number of carbonyl (C=O) groups is 2. The fraction of sp³-hybridized carbons (Fsp3) is 0.429. The van der Waals surface area contributed by atoms with Crippen molar-refractivity contribution < 1.29 is 9.59 Å². The van der Waals surface area contributed by atoms with Crippen molar-refractivity contribution in [2.75, 3.05) is 38.5 Å². The van der Waals surface area contributed by atoms with Crippen molar-refractivity contribution in [3.8, 4) is 0 Å². The van der Waals surface area contributed by atoms with E-state index in [0.717, 1.165) is 17.6 Å². The van der Waals surface area contributed by atoms with Gasteiger partial charge in [-0.15, -0.1) is 0 Å². The Hall–Kier alpha value is -1.40. The Labute approximate surface area is 127 Å². The van der Waals surface area contributed by atoms with E-state index in [4.69, 9.17) is 0 Å². The minimum atomic E-state index is -0.271. The second-order valence-corrected chi connectivity index (χ2v) is 5.84. The number of nitrogens with zero attached hydrogens (tertiary/aromatic N) is 2. The molecule has 20 heavy (non-hydrogen) atoms. The highest BCUT2D eigenvalue weighted by Gasteiger charge is 2.21. The third-order valence-corrected chi connectivity index (χ3v) is 3.77. The first-order chi connectivity index (χ1) is 9.54. The molecule has 0 spiro atoms. The van der Waals surface area contributed by atoms with E-state index in [2.05, 4.69) is 26.1 Å². The molecule has 0 aromatic heterocycles. The van der Waals surface area contributed by atoms with Crippen LogP contribution in [0.15, 0.2) is 28.7 Å². The van der Waals surface area contributed by atoms with E-state index in [9.17, 15) is 9.59 Å². The molecule has 0 unspecified atom stereocenters. The van der Waals surface area contributed by atoms with E-state index in [1.165, 1.54) is 0 Å². The number of halogens is 1. The van der Waals surface area contributed by atoms with Crippen LogP contribution in [0.5, 0.6) is 0 Å². The fourth-order valence-corrected chi connectivity index (χ4v) is 2.48. The third-order valence-electron chi connectivity index (χ3n) is 3.28. The summed E-state index contributed by atoms with van der Waals surface area (Å²) in [5.41, 5.74) is 0.690. The Bertz CT molecular complexity index is 499. The second kappa shape index (κ2) is 6.85. The smallest absolute Gasteiger partial charge is 0.233 e. The Morgan fingerprint density at radius 3 is 2.60 bits per heavy atom. The minimum absolute atomic E-state index is 0.101. The summed E-state index contributed by atoms with van der Waals surface area (Å²) in [6.45, 7) is 3.11. The number of benzene rings is 1. The van der Waals surface area contributed by atoms with Crippen LogP contribution < -0.4 is 5.32 Å². The summed E-state index contributed by atoms with van der Waals surface area (Å²) in [6.07, 6.45) is -0.101. The summed E-state index contributed by atoms with van der Waals surface area (Å²) >= 11 is 3.34. The normalized spacial score (nSPS) is 16.0. The SMILES string of the molecule is CN1CCN(C(=O)CC(=O)Nc2cccc(Br)c2)CC1. The first-order valence-corrected chi connectivity index (χ1v) is 7.35. The second-order valence-electron chi connectivity index (χ2n) is 4.92. The van der Waals surface area contributed by atoms with Crippen LogP contribution in [-0.4, -0.2) is 54.8 Å². The number of anilines is 1. The van der Waals surface area contributed by atoms with Gasteiger partial charge in [0.1, 0.15) is 6.42 Å². The molecule has 1 saturated heterocycles. The molecule has 1 fully saturated rings. The van der Waals surface area contributed by atoms with Gasteiger partial charge in [-0.3, -0.25) is 9.59 Å². The van der Waals surface area contributed by atoms with Crippen molar-refractivity contribution >= 4 is 33.4 Å². The van der Waals surface area contributed by atoms with Gasteiger partial charge in [-0.25, -0.2) is 0 Å². The molecule has 2 amide bonds. The lowest BCUT2D eigenvalue weighted by Gasteiger charge is -2.32. The van der Waals surface area contributed by atoms with E-state index in [-0.39, 0.29) is 18.2 Å². The number of likely N-dealkylation sites (N-methyl/N-ethyl adjacent to an activating group) is 1. The van der Waals surface area contributed by atoms with Crippen molar-refractivity contribution in [2.24, 2.45) is 0 Å². The molecule has 6 heteroatoms. The number of piperazine rings is 1. The Balaban J connectivity index is 1.83. The average Bonchev–Trinajstić information content (AvgIpc) is 2.39. The van der Waals surface area contributed by atoms with E-state index >= 15 is 0 Å². The van der Waals surface area contributed by atoms with Gasteiger partial charge in [0, 0.05) is 36.3 Å². The van der Waals surface area contributed by atoms with Gasteiger partial charge in [-0.1, -0.05) is 22.0 Å². The quantitative estimate of drug-likeness (QED) is 0.850. The van der Waals surface area contributed by atoms with Gasteiger partial charge in [0.2, 0.25) is 11.8 Å². The van der Waals surface area contributed by atoms with Crippen LogP contribution in [0.2, 0.25) is 0 Å². The van der Waals surface area contributed by atoms with Gasteiger partial charge >= 0.3 is 0 Å². The van der Waals surface area contributed by atoms with Crippen LogP contribution in [0.25, 0.3) is 0 Å². The van der Waals surface area contributed by atoms with Crippen LogP contribution in [0.4, 0.5) is 5.69 Å². The first-order valence-electron chi connectivity index (χ1n) is 6.56. The summed E-state index contributed by atoms with van der Waals surface area (Å²) in [7, 11) is 2.03. The lowest BCUT2D eigenvalue weighted by atomic mass is 10.2. The van der Waals surface area contributed by atoms with Gasteiger partial charge in [0.15, 0.2) is 0 Å². The van der Waals surface area contributed by atoms with Crippen molar-refractivity contribution in [3.63, 3.8) is 0 Å². The number of amides is 2. The summed E-state index contributed by atoms with van der Waals surface area (Å²) in [5, 5.41) is 2.73. The summed E-state index contributed by atoms with van der Waals surface area (Å²) in [4.78, 5) is 27.8. The molecular weight excluding hydrogens is 322 g/mol. The molecule has 1 N–H and O–H groups in total. The molecule has 0 radical (unpaired) electrons. The van der Waals surface area contributed by atoms with Gasteiger partial charge < -0.3 is 15.1 Å². The Morgan fingerprint density at radius 1 is 1.25 bits per heavy atom. The number of carbonyl (C=O) groups excluding carboxylic acids is 2. The highest BCUT2D eigenvalue weighted by atomic mass is 79.9. The number of rotatable bonds is 3. The highest BCUT2D eigenvalue weighted by Crippen LogP contribution is 2.15. The molecule has 1 aromatic carbocycles. The van der Waals surface area contributed by atoms with Gasteiger partial charge in [0.05, 0.1) is 0 Å². The zero-order valence-corrected chi connectivity index (χ0v) is 13.0. The maximum atomic E-state index is 12.0. The van der Waals surface area contributed by atoms with E-state index < -0.39 is 0 Å². The zero-order valence-electron chi connectivity index (χ0n) is 11.4. The van der Waals surface area contributed by atoms with Crippen molar-refractivity contribution in [1.82, 2.24) is 9.80 Å². The number of nitrogens with one attached hydrogen (secondary N) is 1. The Kier molecular flexibility index (Phi) is 5.14. The molecule has 0 aliphatic carbocycles. The van der Waals surface area contributed by atoms with Crippen LogP contribution in [0.1, 0.15) is 6.42 Å². The van der Waals surface area contributed by atoms with Gasteiger partial charge in [-0.05, 0) is 25.2 Å². The zero-order chi connectivity index (χ0) is 14.5. The lowest BCUT2D eigenvalue weighted by Crippen LogP contribution is -2.47. The predicted molar refractivity (Wildman–Crippen MR) is 81.5 cm³/mol. The van der Waals surface area contributed by atoms with E-state index in [1.807, 2.05) is 19.2 Å². The predicted octanol–water partition coefficient (Wildman–Crippen LogP) is 1.55. The molecule has 2 rings (SSSR count). The molecule has 0 bridgehead atoms. The van der Waals surface area contributed by atoms with Crippen LogP contribution >= 0.6 is 15.9 Å². The van der Waals surface area contributed by atoms with E-state index in [1.54, 1.807) is 17.0 Å². The van der Waals surface area contributed by atoms with Crippen LogP contribution in [-0.2, 0) is 9.59 Å². The summed E-state index contributed by atoms with van der Waals surface area (Å²) in [6, 6.07) is 7.31. The maximum absolute atomic E-state index is 12.0. The summed E-state index contributed by atoms with van der Waals surface area (Å²) < 4.78 is 0.890. The van der Waals surface area contributed by atoms with Crippen LogP contribution in [0, 0.1) is 0 Å². The third kappa shape index (κ3) is 4.31. The minimum Gasteiger partial charge on any atom is -0.340 e. The average molecular weight is 340 g/mol. The molecule has 5 nitrogen and oxygen atoms in total. The molecular formula is C14H18BrN3O2. The maximum Gasteiger partial charge on any atom is 0.233 e. The standard InChI is InChI=1S/C14H18BrN3O2/c1-17-5-7-18(8-6-17)14(20)10-13(19)16-12-4-2-3-11(15)9-12/h2-4,9H,5-8,10H2,1H3,(H,16,19). The van der Waals surface area contributed by atoms with E-state index in [0.29, 0.717) is 18.8 Å². The molecule has 0 saturated carbocycles. The largest absolute Gasteiger partial charge is 0.340 e. The van der Waals surface area contributed by atoms with Crippen molar-refractivity contribution in [1.29, 1.82) is 0 Å². The molecule has 1 heterocycles. The Morgan fingerprint density at radius 2 is 1.95 bits per heavy atom. The number of hydrogen-bond donors (Lipinski definition) is 1. The van der Waals surface area contributed by atoms with Gasteiger partial charge in [0.25, 0.3) is 0 Å². The fourth-order valence-electron chi connectivity index (χ4n) is 2.08.